The van der Waals surface area contributed by atoms with Crippen LogP contribution in [0.15, 0.2) is 42.2 Å². The smallest absolute Gasteiger partial charge is 0.172 e. The molecule has 1 aromatic heterocycles. The SMILES string of the molecule is [Cl][Zr+2][Cl].[c-]1cc[pH]p1.c1cc[cH-]c1. The van der Waals surface area contributed by atoms with Crippen LogP contribution in [-0.2, 0) is 20.8 Å². The standard InChI is InChI=1S/C5H5.C3H3P2.2ClH.Zr/c2*1-2-4-5-3-1;;;/h1-5H;1-2,4H;2*1H;/q2*-1;;;+4/p-2. The first kappa shape index (κ1) is 14.0. The third-order valence-electron chi connectivity index (χ3n) is 0.917. The van der Waals surface area contributed by atoms with Gasteiger partial charge in [0.05, 0.1) is 0 Å². The summed E-state index contributed by atoms with van der Waals surface area (Å²) >= 11 is -0.826. The van der Waals surface area contributed by atoms with Gasteiger partial charge in [0.15, 0.2) is 0 Å². The molecule has 0 aliphatic rings. The van der Waals surface area contributed by atoms with Gasteiger partial charge < -0.3 is 0 Å². The van der Waals surface area contributed by atoms with Gasteiger partial charge in [0, 0.05) is 0 Å². The molecule has 0 N–H and O–H groups in total. The first-order chi connectivity index (χ1) is 6.41. The molecule has 1 heterocycles. The molecule has 0 bridgehead atoms. The Balaban J connectivity index is 0.000000174. The first-order valence-electron chi connectivity index (χ1n) is 3.40. The average Bonchev–Trinajstić information content (AvgIpc) is 2.85. The van der Waals surface area contributed by atoms with Crippen molar-refractivity contribution in [3.8, 4) is 0 Å². The fraction of sp³-hybridized carbons (Fsp3) is 0. The Morgan fingerprint density at radius 3 is 2.08 bits per heavy atom. The first-order valence-corrected chi connectivity index (χ1v) is 12.5. The topological polar surface area (TPSA) is 0 Å². The minimum Gasteiger partial charge on any atom is -0.225 e. The van der Waals surface area contributed by atoms with E-state index in [2.05, 4.69) is 11.6 Å². The van der Waals surface area contributed by atoms with E-state index in [1.165, 1.54) is 7.87 Å². The van der Waals surface area contributed by atoms with Crippen molar-refractivity contribution >= 4 is 32.8 Å². The van der Waals surface area contributed by atoms with E-state index >= 15 is 0 Å². The van der Waals surface area contributed by atoms with Crippen molar-refractivity contribution in [3.05, 3.63) is 48.0 Å². The van der Waals surface area contributed by atoms with Gasteiger partial charge in [0.25, 0.3) is 0 Å². The van der Waals surface area contributed by atoms with E-state index in [0.717, 1.165) is 7.87 Å². The van der Waals surface area contributed by atoms with Crippen LogP contribution in [-0.4, -0.2) is 0 Å². The van der Waals surface area contributed by atoms with Gasteiger partial charge in [0.2, 0.25) is 0 Å². The van der Waals surface area contributed by atoms with Crippen molar-refractivity contribution < 1.29 is 20.8 Å². The monoisotopic (exact) mass is 326 g/mol. The van der Waals surface area contributed by atoms with E-state index in [4.69, 9.17) is 17.0 Å². The summed E-state index contributed by atoms with van der Waals surface area (Å²) in [5, 5.41) is 0. The number of hydrogen-bond donors (Lipinski definition) is 0. The van der Waals surface area contributed by atoms with Gasteiger partial charge in [-0.25, -0.2) is 31.9 Å². The third-order valence-corrected chi connectivity index (χ3v) is 2.86. The molecular weight excluding hydrogens is 320 g/mol. The molecule has 5 heteroatoms. The third kappa shape index (κ3) is 13.0. The second-order valence-corrected chi connectivity index (χ2v) is 7.99. The molecule has 68 valence electrons. The summed E-state index contributed by atoms with van der Waals surface area (Å²) in [6, 6.07) is 12.0. The van der Waals surface area contributed by atoms with Crippen LogP contribution in [0.25, 0.3) is 0 Å². The van der Waals surface area contributed by atoms with Crippen LogP contribution < -0.4 is 0 Å². The van der Waals surface area contributed by atoms with Gasteiger partial charge in [-0.15, -0.1) is 0 Å². The number of halogens is 2. The van der Waals surface area contributed by atoms with Crippen molar-refractivity contribution in [2.75, 3.05) is 0 Å². The van der Waals surface area contributed by atoms with Crippen LogP contribution in [0.5, 0.6) is 0 Å². The average molecular weight is 328 g/mol. The molecule has 1 aromatic carbocycles. The predicted molar refractivity (Wildman–Crippen MR) is 61.0 cm³/mol. The molecule has 1 atom stereocenters. The van der Waals surface area contributed by atoms with Crippen molar-refractivity contribution in [2.24, 2.45) is 0 Å². The summed E-state index contributed by atoms with van der Waals surface area (Å²) in [7, 11) is 12.2. The molecule has 0 radical (unpaired) electrons. The molecule has 0 nitrogen and oxygen atoms in total. The van der Waals surface area contributed by atoms with Crippen LogP contribution in [0, 0.1) is 5.80 Å². The van der Waals surface area contributed by atoms with Crippen molar-refractivity contribution in [1.29, 1.82) is 0 Å². The molecule has 2 aromatic rings. The van der Waals surface area contributed by atoms with E-state index in [1.54, 1.807) is 0 Å². The molecule has 2 rings (SSSR count). The molecule has 0 saturated heterocycles. The minimum absolute atomic E-state index is 0.826. The largest absolute Gasteiger partial charge is 0.225 e. The van der Waals surface area contributed by atoms with Crippen LogP contribution in [0.1, 0.15) is 0 Å². The van der Waals surface area contributed by atoms with Crippen molar-refractivity contribution in [2.45, 2.75) is 0 Å². The molecule has 0 spiro atoms. The predicted octanol–water partition coefficient (Wildman–Crippen LogP) is 4.88. The van der Waals surface area contributed by atoms with Gasteiger partial charge in [-0.1, -0.05) is 0 Å². The van der Waals surface area contributed by atoms with Crippen molar-refractivity contribution in [3.63, 3.8) is 0 Å². The molecule has 0 aliphatic heterocycles. The van der Waals surface area contributed by atoms with Crippen LogP contribution >= 0.6 is 32.8 Å². The van der Waals surface area contributed by atoms with Crippen LogP contribution in [0.2, 0.25) is 0 Å². The van der Waals surface area contributed by atoms with E-state index in [1.807, 2.05) is 36.4 Å². The van der Waals surface area contributed by atoms with Gasteiger partial charge in [-0.3, -0.25) is 0 Å². The fourth-order valence-corrected chi connectivity index (χ4v) is 2.00. The Morgan fingerprint density at radius 2 is 1.92 bits per heavy atom. The molecule has 1 unspecified atom stereocenters. The molecule has 0 saturated carbocycles. The Morgan fingerprint density at radius 1 is 1.31 bits per heavy atom. The quantitative estimate of drug-likeness (QED) is 0.605. The summed E-state index contributed by atoms with van der Waals surface area (Å²) in [5.74, 6) is 5.17. The molecular formula is C8H8Cl2P2Zr. The summed E-state index contributed by atoms with van der Waals surface area (Å²) < 4.78 is 0. The summed E-state index contributed by atoms with van der Waals surface area (Å²) in [4.78, 5) is 0. The van der Waals surface area contributed by atoms with Crippen LogP contribution in [0.4, 0.5) is 0 Å². The normalized spacial score (nSPS) is 8.15. The molecule has 13 heavy (non-hydrogen) atoms. The molecule has 0 fully saturated rings. The van der Waals surface area contributed by atoms with E-state index < -0.39 is 20.8 Å². The zero-order valence-corrected chi connectivity index (χ0v) is 12.6. The van der Waals surface area contributed by atoms with Gasteiger partial charge >= 0.3 is 37.9 Å². The van der Waals surface area contributed by atoms with Crippen molar-refractivity contribution in [1.82, 2.24) is 0 Å². The van der Waals surface area contributed by atoms with E-state index in [-0.39, 0.29) is 0 Å². The summed E-state index contributed by atoms with van der Waals surface area (Å²) in [5.41, 5.74) is 0. The summed E-state index contributed by atoms with van der Waals surface area (Å²) in [6.07, 6.45) is 0. The van der Waals surface area contributed by atoms with Crippen LogP contribution in [0.3, 0.4) is 0 Å². The molecule has 0 aliphatic carbocycles. The van der Waals surface area contributed by atoms with E-state index in [0.29, 0.717) is 0 Å². The number of hydrogen-bond acceptors (Lipinski definition) is 0. The Bertz CT molecular complexity index is 172. The summed E-state index contributed by atoms with van der Waals surface area (Å²) in [6.45, 7) is 0. The van der Waals surface area contributed by atoms with Gasteiger partial charge in [-0.2, -0.15) is 31.9 Å². The van der Waals surface area contributed by atoms with Gasteiger partial charge in [0.1, 0.15) is 0 Å². The maximum Gasteiger partial charge on any atom is -0.172 e. The maximum atomic E-state index is 4.93. The second-order valence-electron chi connectivity index (χ2n) is 1.74. The van der Waals surface area contributed by atoms with E-state index in [9.17, 15) is 0 Å². The zero-order valence-electron chi connectivity index (χ0n) is 6.74. The zero-order chi connectivity index (χ0) is 9.78. The Kier molecular flexibility index (Phi) is 14.0. The fourth-order valence-electron chi connectivity index (χ4n) is 0.507. The maximum absolute atomic E-state index is 4.93. The second kappa shape index (κ2) is 13.0. The minimum atomic E-state index is -0.826. The Labute approximate surface area is 101 Å². The molecule has 0 amide bonds. The number of rotatable bonds is 0. The Hall–Kier alpha value is 1.02. The van der Waals surface area contributed by atoms with Gasteiger partial charge in [-0.05, 0) is 0 Å².